The number of halogens is 4. The van der Waals surface area contributed by atoms with E-state index in [1.807, 2.05) is 0 Å². The van der Waals surface area contributed by atoms with Crippen molar-refractivity contribution in [2.75, 3.05) is 11.9 Å². The maximum atomic E-state index is 13.0. The smallest absolute Gasteiger partial charge is 0.535 e. The van der Waals surface area contributed by atoms with Gasteiger partial charge in [-0.15, -0.1) is 0 Å². The van der Waals surface area contributed by atoms with Crippen LogP contribution in [0.15, 0.2) is 60.8 Å². The Kier molecular flexibility index (Phi) is 8.33. The second kappa shape index (κ2) is 11.4. The monoisotopic (exact) mass is 523 g/mol. The maximum Gasteiger partial charge on any atom is 0.535 e. The van der Waals surface area contributed by atoms with Gasteiger partial charge in [-0.3, -0.25) is 9.78 Å². The zero-order valence-corrected chi connectivity index (χ0v) is 19.0. The number of benzene rings is 2. The minimum absolute atomic E-state index is 0.00336. The minimum Gasteiger partial charge on any atom is -0.563 e. The molecule has 0 unspecified atom stereocenters. The molecule has 0 saturated heterocycles. The number of hydrogen-bond acceptors (Lipinski definition) is 5. The first-order valence-electron chi connectivity index (χ1n) is 10.2. The van der Waals surface area contributed by atoms with Gasteiger partial charge in [-0.05, 0) is 42.0 Å². The fraction of sp³-hybridized carbons (Fsp3) is 0.130. The molecule has 0 aliphatic carbocycles. The molecule has 0 aliphatic rings. The first-order valence-corrected chi connectivity index (χ1v) is 10.6. The molecule has 0 aliphatic heterocycles. The van der Waals surface area contributed by atoms with Crippen LogP contribution in [0.2, 0.25) is 5.02 Å². The lowest BCUT2D eigenvalue weighted by Gasteiger charge is -2.12. The maximum absolute atomic E-state index is 13.0. The molecule has 0 bridgehead atoms. The van der Waals surface area contributed by atoms with Crippen molar-refractivity contribution in [2.24, 2.45) is 0 Å². The van der Waals surface area contributed by atoms with Crippen LogP contribution in [0.1, 0.15) is 21.6 Å². The number of aromatic nitrogens is 1. The summed E-state index contributed by atoms with van der Waals surface area (Å²) in [7, 11) is 0. The Morgan fingerprint density at radius 3 is 2.36 bits per heavy atom. The van der Waals surface area contributed by atoms with E-state index < -0.39 is 41.2 Å². The quantitative estimate of drug-likeness (QED) is 0.386. The van der Waals surface area contributed by atoms with Crippen LogP contribution in [-0.2, 0) is 17.5 Å². The molecule has 3 rings (SSSR count). The second-order valence-electron chi connectivity index (χ2n) is 7.23. The Balaban J connectivity index is 1.54. The van der Waals surface area contributed by atoms with Crippen LogP contribution in [0, 0.1) is 0 Å². The molecule has 0 fully saturated rings. The molecule has 9 nitrogen and oxygen atoms in total. The van der Waals surface area contributed by atoms with Crippen molar-refractivity contribution in [1.29, 1.82) is 0 Å². The zero-order chi connectivity index (χ0) is 26.3. The molecule has 188 valence electrons. The van der Waals surface area contributed by atoms with E-state index in [0.717, 1.165) is 12.1 Å². The molecule has 1 aromatic heterocycles. The summed E-state index contributed by atoms with van der Waals surface area (Å²) in [5.74, 6) is -0.848. The Hall–Kier alpha value is -4.32. The third-order valence-corrected chi connectivity index (χ3v) is 4.84. The van der Waals surface area contributed by atoms with Gasteiger partial charge < -0.3 is 25.8 Å². The highest BCUT2D eigenvalue weighted by Gasteiger charge is 2.33. The van der Waals surface area contributed by atoms with E-state index in [0.29, 0.717) is 17.1 Å². The van der Waals surface area contributed by atoms with Crippen molar-refractivity contribution in [3.05, 3.63) is 82.6 Å². The molecule has 0 spiro atoms. The lowest BCUT2D eigenvalue weighted by molar-refractivity contribution is -0.137. The first-order chi connectivity index (χ1) is 17.0. The summed E-state index contributed by atoms with van der Waals surface area (Å²) in [6.45, 7) is -0.354. The molecular formula is C23H19ClF3N4O5+. The van der Waals surface area contributed by atoms with Crippen LogP contribution in [0.3, 0.4) is 0 Å². The number of alkyl halides is 3. The lowest BCUT2D eigenvalue weighted by atomic mass is 10.2. The fourth-order valence-corrected chi connectivity index (χ4v) is 3.06. The molecule has 13 heteroatoms. The van der Waals surface area contributed by atoms with Gasteiger partial charge in [0.05, 0.1) is 10.6 Å². The molecule has 0 atom stereocenters. The van der Waals surface area contributed by atoms with Gasteiger partial charge in [0.1, 0.15) is 17.2 Å². The predicted octanol–water partition coefficient (Wildman–Crippen LogP) is 3.85. The van der Waals surface area contributed by atoms with Crippen LogP contribution in [0.25, 0.3) is 0 Å². The number of nitrogens with zero attached hydrogens (tertiary/aromatic N) is 1. The van der Waals surface area contributed by atoms with Gasteiger partial charge in [0.15, 0.2) is 6.54 Å². The number of pyridine rings is 1. The fourth-order valence-electron chi connectivity index (χ4n) is 2.84. The van der Waals surface area contributed by atoms with Gasteiger partial charge in [-0.25, -0.2) is 4.79 Å². The van der Waals surface area contributed by atoms with Crippen molar-refractivity contribution >= 4 is 35.2 Å². The van der Waals surface area contributed by atoms with Crippen molar-refractivity contribution in [1.82, 2.24) is 15.6 Å². The van der Waals surface area contributed by atoms with E-state index in [-0.39, 0.29) is 17.9 Å². The number of amides is 3. The standard InChI is InChI=1S/C23H18ClF3N4O5/c24-18-6-3-14(9-17(18)23(25,26)27)31-22(35)30-11-13-1-4-15(5-2-13)36-16-7-8-28-19(10-16)21(34)29-12-20(32)33/h1-10H,11-12H2,(H,29,34)(H,32,33)(H2,30,31,35)/p+1. The number of rotatable bonds is 8. The second-order valence-corrected chi connectivity index (χ2v) is 7.64. The highest BCUT2D eigenvalue weighted by molar-refractivity contribution is 6.31. The van der Waals surface area contributed by atoms with Gasteiger partial charge in [-0.2, -0.15) is 13.2 Å². The minimum atomic E-state index is -4.65. The molecule has 5 N–H and O–H groups in total. The number of hydrogen-bond donors (Lipinski definition) is 3. The van der Waals surface area contributed by atoms with Gasteiger partial charge in [0.2, 0.25) is 0 Å². The van der Waals surface area contributed by atoms with Gasteiger partial charge >= 0.3 is 18.2 Å². The largest absolute Gasteiger partial charge is 0.563 e. The molecule has 3 aromatic rings. The highest BCUT2D eigenvalue weighted by Crippen LogP contribution is 2.36. The van der Waals surface area contributed by atoms with E-state index in [1.165, 1.54) is 24.4 Å². The number of urea groups is 1. The number of anilines is 1. The van der Waals surface area contributed by atoms with Crippen LogP contribution in [0.4, 0.5) is 23.7 Å². The average molecular weight is 524 g/mol. The summed E-state index contributed by atoms with van der Waals surface area (Å²) in [6.07, 6.45) is -3.30. The number of ether oxygens (including phenoxy) is 1. The van der Waals surface area contributed by atoms with E-state index in [2.05, 4.69) is 20.9 Å². The third-order valence-electron chi connectivity index (χ3n) is 4.52. The first kappa shape index (κ1) is 26.3. The molecule has 0 saturated carbocycles. The number of carbonyl (C=O) groups excluding carboxylic acids is 3. The predicted molar refractivity (Wildman–Crippen MR) is 124 cm³/mol. The summed E-state index contributed by atoms with van der Waals surface area (Å²) in [6, 6.07) is 11.8. The van der Waals surface area contributed by atoms with E-state index in [9.17, 15) is 27.6 Å². The summed E-state index contributed by atoms with van der Waals surface area (Å²) < 4.78 is 44.5. The summed E-state index contributed by atoms with van der Waals surface area (Å²) in [5.41, 5.74) is -0.435. The summed E-state index contributed by atoms with van der Waals surface area (Å²) >= 11 is 5.57. The Morgan fingerprint density at radius 2 is 1.69 bits per heavy atom. The highest BCUT2D eigenvalue weighted by atomic mass is 35.5. The molecule has 1 heterocycles. The topological polar surface area (TPSA) is 132 Å². The molecule has 3 amide bonds. The van der Waals surface area contributed by atoms with Crippen LogP contribution >= 0.6 is 11.6 Å². The van der Waals surface area contributed by atoms with Gasteiger partial charge in [0.25, 0.3) is 5.91 Å². The Bertz CT molecular complexity index is 1270. The van der Waals surface area contributed by atoms with Crippen molar-refractivity contribution in [3.8, 4) is 11.5 Å². The van der Waals surface area contributed by atoms with Crippen LogP contribution < -0.4 is 20.7 Å². The van der Waals surface area contributed by atoms with Crippen LogP contribution in [-0.4, -0.2) is 34.5 Å². The Morgan fingerprint density at radius 1 is 0.972 bits per heavy atom. The molecular weight excluding hydrogens is 505 g/mol. The number of carbonyl (C=O) groups is 3. The lowest BCUT2D eigenvalue weighted by Crippen LogP contribution is -2.29. The van der Waals surface area contributed by atoms with Crippen LogP contribution in [0.5, 0.6) is 11.5 Å². The van der Waals surface area contributed by atoms with Crippen molar-refractivity contribution in [2.45, 2.75) is 12.7 Å². The summed E-state index contributed by atoms with van der Waals surface area (Å²) in [5, 5.41) is 13.5. The third kappa shape index (κ3) is 7.60. The van der Waals surface area contributed by atoms with E-state index >= 15 is 0 Å². The number of nitrogens with one attached hydrogen (secondary N) is 3. The molecule has 2 aromatic carbocycles. The zero-order valence-electron chi connectivity index (χ0n) is 18.3. The van der Waals surface area contributed by atoms with E-state index in [4.69, 9.17) is 21.4 Å². The molecule has 36 heavy (non-hydrogen) atoms. The molecule has 0 radical (unpaired) electrons. The normalized spacial score (nSPS) is 10.9. The Labute approximate surface area is 207 Å². The van der Waals surface area contributed by atoms with Gasteiger partial charge in [0, 0.05) is 29.3 Å². The van der Waals surface area contributed by atoms with Crippen molar-refractivity contribution in [3.63, 3.8) is 0 Å². The SMILES string of the molecule is O=C([OH2+])CNC(=O)c1cc(Oc2ccc(CNC(=O)Nc3ccc(Cl)c(C(F)(F)F)c3)cc2)ccn1. The van der Waals surface area contributed by atoms with E-state index in [1.54, 1.807) is 24.3 Å². The average Bonchev–Trinajstić information content (AvgIpc) is 2.83. The summed E-state index contributed by atoms with van der Waals surface area (Å²) in [4.78, 5) is 38.6. The van der Waals surface area contributed by atoms with Gasteiger partial charge in [-0.1, -0.05) is 23.7 Å². The van der Waals surface area contributed by atoms with Crippen molar-refractivity contribution < 1.29 is 37.4 Å².